The van der Waals surface area contributed by atoms with Crippen molar-refractivity contribution in [3.05, 3.63) is 36.2 Å². The van der Waals surface area contributed by atoms with Crippen LogP contribution in [0.3, 0.4) is 0 Å². The predicted molar refractivity (Wildman–Crippen MR) is 75.1 cm³/mol. The second-order valence-electron chi connectivity index (χ2n) is 4.37. The molecular weight excluding hydrogens is 275 g/mol. The fourth-order valence-electron chi connectivity index (χ4n) is 1.68. The van der Waals surface area contributed by atoms with Crippen molar-refractivity contribution in [2.75, 3.05) is 19.0 Å². The first kappa shape index (κ1) is 15.0. The van der Waals surface area contributed by atoms with E-state index < -0.39 is 5.82 Å². The van der Waals surface area contributed by atoms with E-state index in [0.29, 0.717) is 29.4 Å². The van der Waals surface area contributed by atoms with E-state index in [9.17, 15) is 9.18 Å². The Labute approximate surface area is 121 Å². The molecule has 0 spiro atoms. The molecule has 0 aliphatic rings. The summed E-state index contributed by atoms with van der Waals surface area (Å²) in [4.78, 5) is 23.8. The van der Waals surface area contributed by atoms with Crippen molar-refractivity contribution in [2.45, 2.75) is 13.3 Å². The van der Waals surface area contributed by atoms with Gasteiger partial charge in [0.1, 0.15) is 5.82 Å². The van der Waals surface area contributed by atoms with Gasteiger partial charge in [0.05, 0.1) is 36.8 Å². The molecule has 2 aromatic rings. The number of pyridine rings is 1. The van der Waals surface area contributed by atoms with Crippen LogP contribution in [0.1, 0.15) is 12.1 Å². The highest BCUT2D eigenvalue weighted by Crippen LogP contribution is 2.19. The molecule has 0 saturated carbocycles. The Bertz CT molecular complexity index is 649. The third-order valence-corrected chi connectivity index (χ3v) is 2.74. The molecule has 21 heavy (non-hydrogen) atoms. The van der Waals surface area contributed by atoms with Crippen molar-refractivity contribution in [2.24, 2.45) is 0 Å². The average Bonchev–Trinajstić information content (AvgIpc) is 2.47. The van der Waals surface area contributed by atoms with Gasteiger partial charge in [0.25, 0.3) is 0 Å². The van der Waals surface area contributed by atoms with Crippen molar-refractivity contribution < 1.29 is 13.9 Å². The van der Waals surface area contributed by atoms with Crippen LogP contribution in [-0.2, 0) is 9.53 Å². The number of methoxy groups -OCH3 is 1. The number of carbonyl (C=O) groups excluding carboxylic acids is 1. The van der Waals surface area contributed by atoms with Crippen LogP contribution in [0.15, 0.2) is 24.7 Å². The number of carbonyl (C=O) groups is 1. The Morgan fingerprint density at radius 2 is 2.19 bits per heavy atom. The molecule has 7 heteroatoms. The number of anilines is 1. The summed E-state index contributed by atoms with van der Waals surface area (Å²) < 4.78 is 18.0. The van der Waals surface area contributed by atoms with E-state index in [-0.39, 0.29) is 12.3 Å². The minimum atomic E-state index is -0.441. The smallest absolute Gasteiger partial charge is 0.227 e. The number of ether oxygens (including phenoxy) is 1. The van der Waals surface area contributed by atoms with Crippen LogP contribution in [0, 0.1) is 12.7 Å². The zero-order valence-corrected chi connectivity index (χ0v) is 11.8. The van der Waals surface area contributed by atoms with Gasteiger partial charge in [-0.05, 0) is 13.0 Å². The molecule has 2 aromatic heterocycles. The Hall–Kier alpha value is -2.41. The normalized spacial score (nSPS) is 10.4. The summed E-state index contributed by atoms with van der Waals surface area (Å²) in [5.74, 6) is -0.262. The van der Waals surface area contributed by atoms with Crippen LogP contribution in [0.4, 0.5) is 10.2 Å². The first-order valence-corrected chi connectivity index (χ1v) is 6.33. The second kappa shape index (κ2) is 6.85. The van der Waals surface area contributed by atoms with E-state index in [1.165, 1.54) is 25.6 Å². The number of nitrogens with one attached hydrogen (secondary N) is 1. The molecule has 0 aromatic carbocycles. The van der Waals surface area contributed by atoms with Crippen LogP contribution < -0.4 is 5.32 Å². The lowest BCUT2D eigenvalue weighted by molar-refractivity contribution is -0.117. The second-order valence-corrected chi connectivity index (χ2v) is 4.37. The summed E-state index contributed by atoms with van der Waals surface area (Å²) in [6, 6.07) is 1.33. The van der Waals surface area contributed by atoms with Gasteiger partial charge in [0.15, 0.2) is 5.82 Å². The zero-order chi connectivity index (χ0) is 15.2. The van der Waals surface area contributed by atoms with Crippen molar-refractivity contribution in [3.63, 3.8) is 0 Å². The Morgan fingerprint density at radius 3 is 2.86 bits per heavy atom. The van der Waals surface area contributed by atoms with Gasteiger partial charge in [-0.1, -0.05) is 0 Å². The highest BCUT2D eigenvalue weighted by molar-refractivity contribution is 5.90. The molecule has 0 aliphatic heterocycles. The van der Waals surface area contributed by atoms with E-state index in [2.05, 4.69) is 20.3 Å². The molecule has 2 heterocycles. The molecule has 0 fully saturated rings. The number of hydrogen-bond donors (Lipinski definition) is 1. The fraction of sp³-hybridized carbons (Fsp3) is 0.286. The molecule has 0 saturated heterocycles. The summed E-state index contributed by atoms with van der Waals surface area (Å²) in [6.07, 6.45) is 4.33. The maximum atomic E-state index is 13.1. The van der Waals surface area contributed by atoms with Gasteiger partial charge < -0.3 is 10.1 Å². The highest BCUT2D eigenvalue weighted by Gasteiger charge is 2.09. The van der Waals surface area contributed by atoms with Crippen LogP contribution in [-0.4, -0.2) is 34.6 Å². The number of aromatic nitrogens is 3. The third-order valence-electron chi connectivity index (χ3n) is 2.74. The van der Waals surface area contributed by atoms with E-state index in [0.717, 1.165) is 6.20 Å². The van der Waals surface area contributed by atoms with E-state index in [1.807, 2.05) is 0 Å². The molecule has 2 rings (SSSR count). The first-order valence-electron chi connectivity index (χ1n) is 6.33. The summed E-state index contributed by atoms with van der Waals surface area (Å²) in [5.41, 5.74) is 1.57. The maximum absolute atomic E-state index is 13.1. The van der Waals surface area contributed by atoms with Crippen LogP contribution in [0.2, 0.25) is 0 Å². The summed E-state index contributed by atoms with van der Waals surface area (Å²) in [5, 5.41) is 2.65. The molecule has 6 nitrogen and oxygen atoms in total. The lowest BCUT2D eigenvalue weighted by Crippen LogP contribution is -2.16. The molecule has 110 valence electrons. The van der Waals surface area contributed by atoms with Gasteiger partial charge in [0, 0.05) is 18.9 Å². The SMILES string of the molecule is COCCC(=O)Nc1ncc(-c2cncc(F)c2)nc1C. The number of nitrogens with zero attached hydrogens (tertiary/aromatic N) is 3. The topological polar surface area (TPSA) is 77.0 Å². The van der Waals surface area contributed by atoms with Crippen molar-refractivity contribution >= 4 is 11.7 Å². The van der Waals surface area contributed by atoms with E-state index in [1.54, 1.807) is 6.92 Å². The standard InChI is InChI=1S/C14H15FN4O2/c1-9-14(19-13(20)3-4-21-2)17-8-12(18-9)10-5-11(15)7-16-6-10/h5-8H,3-4H2,1-2H3,(H,17,19,20). The summed E-state index contributed by atoms with van der Waals surface area (Å²) >= 11 is 0. The maximum Gasteiger partial charge on any atom is 0.227 e. The Morgan fingerprint density at radius 1 is 1.38 bits per heavy atom. The van der Waals surface area contributed by atoms with Crippen molar-refractivity contribution in [1.82, 2.24) is 15.0 Å². The molecule has 0 unspecified atom stereocenters. The Kier molecular flexibility index (Phi) is 4.89. The zero-order valence-electron chi connectivity index (χ0n) is 11.8. The minimum Gasteiger partial charge on any atom is -0.384 e. The van der Waals surface area contributed by atoms with Gasteiger partial charge in [0.2, 0.25) is 5.91 Å². The van der Waals surface area contributed by atoms with Gasteiger partial charge in [-0.15, -0.1) is 0 Å². The molecule has 0 bridgehead atoms. The number of halogens is 1. The average molecular weight is 290 g/mol. The lowest BCUT2D eigenvalue weighted by Gasteiger charge is -2.08. The van der Waals surface area contributed by atoms with Gasteiger partial charge in [-0.2, -0.15) is 0 Å². The summed E-state index contributed by atoms with van der Waals surface area (Å²) in [7, 11) is 1.53. The molecule has 1 N–H and O–H groups in total. The van der Waals surface area contributed by atoms with E-state index >= 15 is 0 Å². The van der Waals surface area contributed by atoms with Crippen molar-refractivity contribution in [3.8, 4) is 11.3 Å². The predicted octanol–water partition coefficient (Wildman–Crippen LogP) is 1.96. The first-order chi connectivity index (χ1) is 10.1. The van der Waals surface area contributed by atoms with E-state index in [4.69, 9.17) is 4.74 Å². The number of rotatable bonds is 5. The number of amides is 1. The van der Waals surface area contributed by atoms with Crippen LogP contribution in [0.5, 0.6) is 0 Å². The largest absolute Gasteiger partial charge is 0.384 e. The Balaban J connectivity index is 2.16. The van der Waals surface area contributed by atoms with Crippen LogP contribution >= 0.6 is 0 Å². The highest BCUT2D eigenvalue weighted by atomic mass is 19.1. The molecular formula is C14H15FN4O2. The summed E-state index contributed by atoms with van der Waals surface area (Å²) in [6.45, 7) is 2.06. The molecule has 0 aliphatic carbocycles. The van der Waals surface area contributed by atoms with Gasteiger partial charge in [-0.25, -0.2) is 14.4 Å². The monoisotopic (exact) mass is 290 g/mol. The minimum absolute atomic E-state index is 0.200. The fourth-order valence-corrected chi connectivity index (χ4v) is 1.68. The van der Waals surface area contributed by atoms with Crippen molar-refractivity contribution in [1.29, 1.82) is 0 Å². The molecule has 0 atom stereocenters. The number of aryl methyl sites for hydroxylation is 1. The van der Waals surface area contributed by atoms with Gasteiger partial charge in [-0.3, -0.25) is 9.78 Å². The van der Waals surface area contributed by atoms with Crippen LogP contribution in [0.25, 0.3) is 11.3 Å². The molecule has 0 radical (unpaired) electrons. The van der Waals surface area contributed by atoms with Gasteiger partial charge >= 0.3 is 0 Å². The molecule has 1 amide bonds. The number of hydrogen-bond acceptors (Lipinski definition) is 5. The lowest BCUT2D eigenvalue weighted by atomic mass is 10.2. The quantitative estimate of drug-likeness (QED) is 0.911. The third kappa shape index (κ3) is 4.03.